The first kappa shape index (κ1) is 26.4. The highest BCUT2D eigenvalue weighted by Gasteiger charge is 2.49. The van der Waals surface area contributed by atoms with Gasteiger partial charge in [-0.15, -0.1) is 0 Å². The Bertz CT molecular complexity index is 1550. The third-order valence-electron chi connectivity index (χ3n) is 5.85. The van der Waals surface area contributed by atoms with Crippen LogP contribution in [0, 0.1) is 5.41 Å². The molecule has 12 nitrogen and oxygen atoms in total. The first-order valence-electron chi connectivity index (χ1n) is 11.2. The van der Waals surface area contributed by atoms with E-state index in [2.05, 4.69) is 15.5 Å². The van der Waals surface area contributed by atoms with E-state index < -0.39 is 33.9 Å². The Balaban J connectivity index is 1.57. The predicted molar refractivity (Wildman–Crippen MR) is 139 cm³/mol. The number of amides is 1. The topological polar surface area (TPSA) is 200 Å². The number of nitrogens with two attached hydrogens (primary N) is 2. The Morgan fingerprint density at radius 1 is 1.16 bits per heavy atom. The fourth-order valence-electron chi connectivity index (χ4n) is 3.90. The van der Waals surface area contributed by atoms with E-state index in [9.17, 15) is 18.0 Å². The zero-order valence-corrected chi connectivity index (χ0v) is 21.0. The Kier molecular flexibility index (Phi) is 7.23. The van der Waals surface area contributed by atoms with Crippen molar-refractivity contribution >= 4 is 39.1 Å². The zero-order valence-electron chi connectivity index (χ0n) is 20.2. The van der Waals surface area contributed by atoms with Gasteiger partial charge in [-0.05, 0) is 24.3 Å². The highest BCUT2D eigenvalue weighted by atomic mass is 32.2. The smallest absolute Gasteiger partial charge is 0.310 e. The van der Waals surface area contributed by atoms with Crippen LogP contribution < -0.4 is 16.2 Å². The largest absolute Gasteiger partial charge is 0.469 e. The Labute approximate surface area is 218 Å². The Morgan fingerprint density at radius 2 is 1.92 bits per heavy atom. The van der Waals surface area contributed by atoms with Gasteiger partial charge >= 0.3 is 5.97 Å². The summed E-state index contributed by atoms with van der Waals surface area (Å²) < 4.78 is 28.6. The van der Waals surface area contributed by atoms with Crippen molar-refractivity contribution in [3.63, 3.8) is 0 Å². The lowest BCUT2D eigenvalue weighted by atomic mass is 9.89. The number of ether oxygens (including phenoxy) is 1. The average molecular weight is 537 g/mol. The number of methoxy groups -OCH3 is 1. The SMILES string of the molecule is COC(=O)CC1(C(=O)Nc2ccc(-c3ccccc3S(N)(=O)=O)nc2)CC(c2cccc(C(=N)N)c2)=NO1. The second-order valence-electron chi connectivity index (χ2n) is 8.48. The van der Waals surface area contributed by atoms with Gasteiger partial charge in [0.05, 0.1) is 41.7 Å². The van der Waals surface area contributed by atoms with Crippen LogP contribution in [0.1, 0.15) is 24.0 Å². The average Bonchev–Trinajstić information content (AvgIpc) is 3.34. The van der Waals surface area contributed by atoms with Crippen molar-refractivity contribution in [1.29, 1.82) is 5.41 Å². The number of nitrogen functional groups attached to an aromatic ring is 1. The quantitative estimate of drug-likeness (QED) is 0.189. The number of benzene rings is 2. The number of aromatic nitrogens is 1. The number of primary sulfonamides is 1. The van der Waals surface area contributed by atoms with Crippen molar-refractivity contribution in [2.45, 2.75) is 23.3 Å². The van der Waals surface area contributed by atoms with Gasteiger partial charge in [-0.25, -0.2) is 13.6 Å². The fourth-order valence-corrected chi connectivity index (χ4v) is 4.65. The van der Waals surface area contributed by atoms with Crippen molar-refractivity contribution in [3.8, 4) is 11.3 Å². The van der Waals surface area contributed by atoms with E-state index in [0.29, 0.717) is 28.1 Å². The molecule has 0 saturated heterocycles. The molecule has 0 bridgehead atoms. The number of anilines is 1. The molecule has 1 atom stereocenters. The van der Waals surface area contributed by atoms with Gasteiger partial charge in [-0.2, -0.15) is 0 Å². The van der Waals surface area contributed by atoms with Gasteiger partial charge in [0.2, 0.25) is 15.6 Å². The summed E-state index contributed by atoms with van der Waals surface area (Å²) in [5.74, 6) is -1.47. The molecule has 1 unspecified atom stereocenters. The maximum atomic E-state index is 13.4. The van der Waals surface area contributed by atoms with Crippen molar-refractivity contribution in [2.75, 3.05) is 12.4 Å². The Hall–Kier alpha value is -4.62. The third-order valence-corrected chi connectivity index (χ3v) is 6.82. The van der Waals surface area contributed by atoms with Gasteiger partial charge in [-0.1, -0.05) is 41.6 Å². The molecule has 0 spiro atoms. The molecule has 0 aliphatic carbocycles. The molecule has 0 saturated carbocycles. The van der Waals surface area contributed by atoms with Crippen LogP contribution in [0.2, 0.25) is 0 Å². The van der Waals surface area contributed by atoms with Crippen LogP contribution in [0.25, 0.3) is 11.3 Å². The molecule has 1 aromatic heterocycles. The molecule has 2 heterocycles. The van der Waals surface area contributed by atoms with Gasteiger partial charge in [0.1, 0.15) is 5.84 Å². The summed E-state index contributed by atoms with van der Waals surface area (Å²) in [5.41, 5.74) is 6.21. The molecule has 1 aliphatic heterocycles. The maximum Gasteiger partial charge on any atom is 0.310 e. The molecule has 6 N–H and O–H groups in total. The summed E-state index contributed by atoms with van der Waals surface area (Å²) in [4.78, 5) is 35.3. The summed E-state index contributed by atoms with van der Waals surface area (Å²) in [5, 5.41) is 19.7. The molecule has 0 fully saturated rings. The molecule has 1 amide bonds. The number of oxime groups is 1. The van der Waals surface area contributed by atoms with Crippen LogP contribution in [-0.2, 0) is 29.2 Å². The lowest BCUT2D eigenvalue weighted by Gasteiger charge is -2.24. The van der Waals surface area contributed by atoms with E-state index >= 15 is 0 Å². The number of pyridine rings is 1. The molecule has 0 radical (unpaired) electrons. The standard InChI is InChI=1S/C25H24N6O6S/c1-36-22(32)13-25(12-20(31-37-25)15-5-4-6-16(11-15)23(26)27)24(33)30-17-9-10-19(29-14-17)18-7-2-3-8-21(18)38(28,34)35/h2-11,14H,12-13H2,1H3,(H3,26,27)(H,30,33)(H2,28,34,35). The minimum absolute atomic E-state index is 0.0530. The first-order chi connectivity index (χ1) is 18.0. The van der Waals surface area contributed by atoms with Gasteiger partial charge < -0.3 is 20.6 Å². The molecule has 1 aliphatic rings. The fraction of sp³-hybridized carbons (Fsp3) is 0.160. The highest BCUT2D eigenvalue weighted by Crippen LogP contribution is 2.33. The summed E-state index contributed by atoms with van der Waals surface area (Å²) >= 11 is 0. The number of hydrogen-bond donors (Lipinski definition) is 4. The van der Waals surface area contributed by atoms with E-state index in [1.165, 1.54) is 31.5 Å². The Morgan fingerprint density at radius 3 is 2.58 bits per heavy atom. The number of amidine groups is 1. The van der Waals surface area contributed by atoms with Crippen LogP contribution in [0.3, 0.4) is 0 Å². The van der Waals surface area contributed by atoms with Crippen LogP contribution in [0.5, 0.6) is 0 Å². The first-order valence-corrected chi connectivity index (χ1v) is 12.7. The molecule has 196 valence electrons. The number of hydrogen-bond acceptors (Lipinski definition) is 9. The van der Waals surface area contributed by atoms with Gasteiger partial charge in [0.25, 0.3) is 5.91 Å². The second-order valence-corrected chi connectivity index (χ2v) is 10.0. The highest BCUT2D eigenvalue weighted by molar-refractivity contribution is 7.89. The molecule has 3 aromatic rings. The van der Waals surface area contributed by atoms with Crippen LogP contribution in [0.15, 0.2) is 76.9 Å². The van der Waals surface area contributed by atoms with E-state index in [0.717, 1.165) is 0 Å². The lowest BCUT2D eigenvalue weighted by molar-refractivity contribution is -0.155. The van der Waals surface area contributed by atoms with E-state index in [-0.39, 0.29) is 22.8 Å². The molecule has 2 aromatic carbocycles. The maximum absolute atomic E-state index is 13.4. The van der Waals surface area contributed by atoms with Crippen molar-refractivity contribution < 1.29 is 27.6 Å². The normalized spacial score (nSPS) is 16.7. The summed E-state index contributed by atoms with van der Waals surface area (Å²) in [6.45, 7) is 0. The number of nitrogens with one attached hydrogen (secondary N) is 2. The molecular weight excluding hydrogens is 512 g/mol. The van der Waals surface area contributed by atoms with Crippen LogP contribution in [0.4, 0.5) is 5.69 Å². The number of nitrogens with zero attached hydrogens (tertiary/aromatic N) is 2. The van der Waals surface area contributed by atoms with Crippen LogP contribution in [-0.4, -0.2) is 49.5 Å². The van der Waals surface area contributed by atoms with Crippen LogP contribution >= 0.6 is 0 Å². The van der Waals surface area contributed by atoms with E-state index in [4.69, 9.17) is 25.9 Å². The van der Waals surface area contributed by atoms with Gasteiger partial charge in [0.15, 0.2) is 0 Å². The van der Waals surface area contributed by atoms with Gasteiger partial charge in [-0.3, -0.25) is 20.0 Å². The number of carbonyl (C=O) groups excluding carboxylic acids is 2. The molecule has 13 heteroatoms. The summed E-state index contributed by atoms with van der Waals surface area (Å²) in [6, 6.07) is 15.9. The number of carbonyl (C=O) groups is 2. The monoisotopic (exact) mass is 536 g/mol. The van der Waals surface area contributed by atoms with Crippen molar-refractivity contribution in [1.82, 2.24) is 4.98 Å². The van der Waals surface area contributed by atoms with Crippen molar-refractivity contribution in [2.24, 2.45) is 16.0 Å². The summed E-state index contributed by atoms with van der Waals surface area (Å²) in [7, 11) is -2.78. The second kappa shape index (κ2) is 10.4. The van der Waals surface area contributed by atoms with Gasteiger partial charge in [0, 0.05) is 23.1 Å². The van der Waals surface area contributed by atoms with E-state index in [1.807, 2.05) is 0 Å². The van der Waals surface area contributed by atoms with Crippen molar-refractivity contribution in [3.05, 3.63) is 78.0 Å². The van der Waals surface area contributed by atoms with E-state index in [1.54, 1.807) is 42.5 Å². The summed E-state index contributed by atoms with van der Waals surface area (Å²) in [6.07, 6.45) is 0.872. The predicted octanol–water partition coefficient (Wildman–Crippen LogP) is 1.75. The lowest BCUT2D eigenvalue weighted by Crippen LogP contribution is -2.45. The third kappa shape index (κ3) is 5.53. The molecule has 38 heavy (non-hydrogen) atoms. The number of sulfonamides is 1. The minimum atomic E-state index is -3.98. The zero-order chi connectivity index (χ0) is 27.5. The number of esters is 1. The number of rotatable bonds is 8. The molecular formula is C25H24N6O6S. The molecule has 4 rings (SSSR count). The minimum Gasteiger partial charge on any atom is -0.469 e.